The molecule has 0 spiro atoms. The highest BCUT2D eigenvalue weighted by atomic mass is 16.7. The molecule has 0 aliphatic carbocycles. The van der Waals surface area contributed by atoms with Crippen molar-refractivity contribution >= 4 is 5.71 Å². The van der Waals surface area contributed by atoms with Gasteiger partial charge in [0.1, 0.15) is 5.75 Å². The normalized spacial score (nSPS) is 20.5. The van der Waals surface area contributed by atoms with Crippen LogP contribution < -0.4 is 18.9 Å². The zero-order chi connectivity index (χ0) is 20.9. The smallest absolute Gasteiger partial charge is 0.231 e. The predicted octanol–water partition coefficient (Wildman–Crippen LogP) is 4.37. The molecule has 3 aliphatic heterocycles. The van der Waals surface area contributed by atoms with E-state index in [1.807, 2.05) is 53.5 Å². The molecule has 3 aliphatic rings. The Bertz CT molecular complexity index is 1210. The fourth-order valence-electron chi connectivity index (χ4n) is 4.41. The summed E-state index contributed by atoms with van der Waals surface area (Å²) < 4.78 is 23.1. The van der Waals surface area contributed by atoms with Gasteiger partial charge in [0.15, 0.2) is 23.0 Å². The molecule has 0 aromatic heterocycles. The van der Waals surface area contributed by atoms with Gasteiger partial charge in [-0.1, -0.05) is 24.3 Å². The monoisotopic (exact) mass is 416 g/mol. The maximum Gasteiger partial charge on any atom is 0.231 e. The highest BCUT2D eigenvalue weighted by Gasteiger charge is 2.42. The molecule has 1 N–H and O–H groups in total. The number of methoxy groups -OCH3 is 1. The Morgan fingerprint density at radius 1 is 1.03 bits per heavy atom. The molecule has 0 radical (unpaired) electrons. The van der Waals surface area contributed by atoms with Crippen molar-refractivity contribution in [1.82, 2.24) is 5.01 Å². The summed E-state index contributed by atoms with van der Waals surface area (Å²) in [4.78, 5) is 0. The quantitative estimate of drug-likeness (QED) is 0.684. The number of phenolic OH excluding ortho intramolecular Hbond substituents is 1. The first kappa shape index (κ1) is 17.9. The minimum absolute atomic E-state index is 0.0520. The van der Waals surface area contributed by atoms with E-state index in [0.717, 1.165) is 22.4 Å². The van der Waals surface area contributed by atoms with E-state index >= 15 is 0 Å². The van der Waals surface area contributed by atoms with Gasteiger partial charge >= 0.3 is 0 Å². The molecule has 0 saturated heterocycles. The first-order chi connectivity index (χ1) is 15.2. The topological polar surface area (TPSA) is 72.8 Å². The molecule has 7 nitrogen and oxygen atoms in total. The van der Waals surface area contributed by atoms with Crippen LogP contribution >= 0.6 is 0 Å². The lowest BCUT2D eigenvalue weighted by atomic mass is 9.95. The van der Waals surface area contributed by atoms with Gasteiger partial charge in [-0.3, -0.25) is 0 Å². The number of ether oxygens (including phenoxy) is 4. The van der Waals surface area contributed by atoms with Crippen molar-refractivity contribution in [2.24, 2.45) is 5.10 Å². The molecule has 6 rings (SSSR count). The number of para-hydroxylation sites is 2. The van der Waals surface area contributed by atoms with Gasteiger partial charge in [-0.25, -0.2) is 5.01 Å². The Morgan fingerprint density at radius 2 is 1.90 bits per heavy atom. The van der Waals surface area contributed by atoms with Crippen LogP contribution in [0, 0.1) is 0 Å². The van der Waals surface area contributed by atoms with Crippen LogP contribution in [0.2, 0.25) is 0 Å². The summed E-state index contributed by atoms with van der Waals surface area (Å²) in [5.41, 5.74) is 3.44. The Labute approximate surface area is 179 Å². The Balaban J connectivity index is 1.48. The molecule has 3 heterocycles. The van der Waals surface area contributed by atoms with E-state index in [2.05, 4.69) is 0 Å². The van der Waals surface area contributed by atoms with E-state index < -0.39 is 6.23 Å². The average molecular weight is 416 g/mol. The van der Waals surface area contributed by atoms with Crippen molar-refractivity contribution in [2.75, 3.05) is 13.9 Å². The van der Waals surface area contributed by atoms with Gasteiger partial charge in [-0.05, 0) is 36.4 Å². The number of hydrogen-bond donors (Lipinski definition) is 1. The van der Waals surface area contributed by atoms with Crippen LogP contribution in [0.15, 0.2) is 65.8 Å². The van der Waals surface area contributed by atoms with Gasteiger partial charge < -0.3 is 24.1 Å². The van der Waals surface area contributed by atoms with Gasteiger partial charge in [-0.2, -0.15) is 5.10 Å². The fourth-order valence-corrected chi connectivity index (χ4v) is 4.41. The maximum absolute atomic E-state index is 10.4. The van der Waals surface area contributed by atoms with Crippen molar-refractivity contribution in [3.63, 3.8) is 0 Å². The molecule has 7 heteroatoms. The summed E-state index contributed by atoms with van der Waals surface area (Å²) in [5, 5.41) is 17.2. The molecule has 0 amide bonds. The standard InChI is InChI=1S/C24H20N2O5/c1-28-21-8-4-6-16-18-12-17(15-5-2-3-7-19(15)27)25-26(18)24(31-23(16)21)14-9-10-20-22(11-14)30-13-29-20/h2-11,18,24,27H,12-13H2,1H3/t18-,24-/m0/s1. The highest BCUT2D eigenvalue weighted by Crippen LogP contribution is 2.51. The van der Waals surface area contributed by atoms with E-state index in [1.165, 1.54) is 0 Å². The van der Waals surface area contributed by atoms with Crippen molar-refractivity contribution in [2.45, 2.75) is 18.7 Å². The second kappa shape index (κ2) is 6.84. The van der Waals surface area contributed by atoms with E-state index in [4.69, 9.17) is 24.0 Å². The predicted molar refractivity (Wildman–Crippen MR) is 113 cm³/mol. The Morgan fingerprint density at radius 3 is 2.77 bits per heavy atom. The minimum Gasteiger partial charge on any atom is -0.507 e. The average Bonchev–Trinajstić information content (AvgIpc) is 3.45. The lowest BCUT2D eigenvalue weighted by Crippen LogP contribution is -2.33. The first-order valence-corrected chi connectivity index (χ1v) is 10.1. The summed E-state index contributed by atoms with van der Waals surface area (Å²) in [6, 6.07) is 18.9. The number of nitrogens with zero attached hydrogens (tertiary/aromatic N) is 2. The number of rotatable bonds is 3. The molecule has 3 aromatic rings. The third kappa shape index (κ3) is 2.77. The van der Waals surface area contributed by atoms with Gasteiger partial charge in [0.2, 0.25) is 13.0 Å². The molecule has 156 valence electrons. The van der Waals surface area contributed by atoms with Crippen molar-refractivity contribution < 1.29 is 24.1 Å². The molecule has 2 atom stereocenters. The number of aromatic hydroxyl groups is 1. The zero-order valence-corrected chi connectivity index (χ0v) is 16.8. The Kier molecular flexibility index (Phi) is 3.96. The van der Waals surface area contributed by atoms with Crippen molar-refractivity contribution in [1.29, 1.82) is 0 Å². The highest BCUT2D eigenvalue weighted by molar-refractivity contribution is 6.04. The van der Waals surface area contributed by atoms with Crippen LogP contribution in [-0.2, 0) is 0 Å². The van der Waals surface area contributed by atoms with Crippen LogP contribution in [0.25, 0.3) is 0 Å². The van der Waals surface area contributed by atoms with Crippen molar-refractivity contribution in [3.05, 3.63) is 77.4 Å². The van der Waals surface area contributed by atoms with Gasteiger partial charge in [-0.15, -0.1) is 0 Å². The minimum atomic E-state index is -0.480. The second-order valence-electron chi connectivity index (χ2n) is 7.63. The molecule has 0 fully saturated rings. The van der Waals surface area contributed by atoms with E-state index in [9.17, 15) is 5.11 Å². The van der Waals surface area contributed by atoms with Crippen LogP contribution in [0.4, 0.5) is 0 Å². The fraction of sp³-hybridized carbons (Fsp3) is 0.208. The van der Waals surface area contributed by atoms with Crippen molar-refractivity contribution in [3.8, 4) is 28.7 Å². The molecule has 31 heavy (non-hydrogen) atoms. The van der Waals surface area contributed by atoms with Gasteiger partial charge in [0.25, 0.3) is 0 Å². The van der Waals surface area contributed by atoms with E-state index in [0.29, 0.717) is 29.4 Å². The molecule has 0 saturated carbocycles. The number of fused-ring (bicyclic) bond motifs is 4. The van der Waals surface area contributed by atoms with E-state index in [1.54, 1.807) is 19.2 Å². The number of phenols is 1. The van der Waals surface area contributed by atoms with E-state index in [-0.39, 0.29) is 18.6 Å². The van der Waals surface area contributed by atoms with Crippen LogP contribution in [-0.4, -0.2) is 29.7 Å². The lowest BCUT2D eigenvalue weighted by molar-refractivity contribution is -0.0209. The molecular weight excluding hydrogens is 396 g/mol. The SMILES string of the molecule is COc1cccc2c1O[C@@H](c1ccc3c(c1)OCO3)N1N=C(c3ccccc3O)C[C@@H]21. The largest absolute Gasteiger partial charge is 0.507 e. The van der Waals surface area contributed by atoms with Crippen LogP contribution in [0.1, 0.15) is 35.4 Å². The second-order valence-corrected chi connectivity index (χ2v) is 7.63. The summed E-state index contributed by atoms with van der Waals surface area (Å²) in [6.45, 7) is 0.211. The third-order valence-corrected chi connectivity index (χ3v) is 5.90. The van der Waals surface area contributed by atoms with Crippen LogP contribution in [0.5, 0.6) is 28.7 Å². The molecule has 0 unspecified atom stereocenters. The number of benzene rings is 3. The molecule has 3 aromatic carbocycles. The molecular formula is C24H20N2O5. The summed E-state index contributed by atoms with van der Waals surface area (Å²) in [7, 11) is 1.64. The van der Waals surface area contributed by atoms with Gasteiger partial charge in [0.05, 0.1) is 18.9 Å². The number of hydrazone groups is 1. The van der Waals surface area contributed by atoms with Crippen LogP contribution in [0.3, 0.4) is 0 Å². The summed E-state index contributed by atoms with van der Waals surface area (Å²) in [6.07, 6.45) is 0.161. The number of hydrogen-bond acceptors (Lipinski definition) is 7. The van der Waals surface area contributed by atoms with Gasteiger partial charge in [0, 0.05) is 23.1 Å². The summed E-state index contributed by atoms with van der Waals surface area (Å²) >= 11 is 0. The molecule has 0 bridgehead atoms. The zero-order valence-electron chi connectivity index (χ0n) is 16.8. The first-order valence-electron chi connectivity index (χ1n) is 10.1. The maximum atomic E-state index is 10.4. The Hall–Kier alpha value is -3.87. The lowest BCUT2D eigenvalue weighted by Gasteiger charge is -2.38. The third-order valence-electron chi connectivity index (χ3n) is 5.90. The summed E-state index contributed by atoms with van der Waals surface area (Å²) in [5.74, 6) is 3.01.